The first-order valence-corrected chi connectivity index (χ1v) is 7.60. The molecule has 1 aromatic rings. The number of hydrogen-bond donors (Lipinski definition) is 2. The van der Waals surface area contributed by atoms with Crippen molar-refractivity contribution in [1.82, 2.24) is 10.3 Å². The molecular formula is C17H22N2O2. The van der Waals surface area contributed by atoms with E-state index in [1.165, 1.54) is 19.3 Å². The van der Waals surface area contributed by atoms with Crippen LogP contribution in [0.25, 0.3) is 0 Å². The van der Waals surface area contributed by atoms with Gasteiger partial charge in [-0.3, -0.25) is 9.78 Å². The van der Waals surface area contributed by atoms with Crippen LogP contribution < -0.4 is 5.32 Å². The summed E-state index contributed by atoms with van der Waals surface area (Å²) in [6.07, 6.45) is 8.93. The number of pyridine rings is 1. The molecule has 1 saturated carbocycles. The molecule has 0 spiro atoms. The lowest BCUT2D eigenvalue weighted by Crippen LogP contribution is -2.42. The zero-order valence-electron chi connectivity index (χ0n) is 12.4. The Bertz CT molecular complexity index is 545. The van der Waals surface area contributed by atoms with Gasteiger partial charge in [0.05, 0.1) is 11.1 Å². The summed E-state index contributed by atoms with van der Waals surface area (Å²) in [6.45, 7) is 1.95. The fourth-order valence-electron chi connectivity index (χ4n) is 2.96. The fraction of sp³-hybridized carbons (Fsp3) is 0.529. The highest BCUT2D eigenvalue weighted by Crippen LogP contribution is 2.27. The van der Waals surface area contributed by atoms with Crippen molar-refractivity contribution in [1.29, 1.82) is 0 Å². The van der Waals surface area contributed by atoms with Crippen molar-refractivity contribution < 1.29 is 9.90 Å². The average molecular weight is 286 g/mol. The van der Waals surface area contributed by atoms with Crippen molar-refractivity contribution in [2.75, 3.05) is 6.61 Å². The highest BCUT2D eigenvalue weighted by molar-refractivity contribution is 5.96. The Morgan fingerprint density at radius 3 is 3.05 bits per heavy atom. The van der Waals surface area contributed by atoms with Gasteiger partial charge in [0, 0.05) is 18.4 Å². The van der Waals surface area contributed by atoms with E-state index in [1.54, 1.807) is 18.5 Å². The second-order valence-electron chi connectivity index (χ2n) is 5.41. The standard InChI is InChI=1S/C17H22N2O2/c1-2-13-6-3-4-8-16(13)19-17(21)15-9-10-18-12-14(15)7-5-11-20/h9-10,12-13,16,20H,2-4,6,8,11H2,1H3,(H,19,21). The monoisotopic (exact) mass is 286 g/mol. The molecule has 1 aliphatic rings. The van der Waals surface area contributed by atoms with Crippen LogP contribution in [0.15, 0.2) is 18.5 Å². The summed E-state index contributed by atoms with van der Waals surface area (Å²) < 4.78 is 0. The zero-order valence-corrected chi connectivity index (χ0v) is 12.4. The van der Waals surface area contributed by atoms with E-state index in [-0.39, 0.29) is 18.6 Å². The molecule has 112 valence electrons. The first kappa shape index (κ1) is 15.5. The molecule has 4 heteroatoms. The lowest BCUT2D eigenvalue weighted by atomic mass is 9.83. The quantitative estimate of drug-likeness (QED) is 0.837. The summed E-state index contributed by atoms with van der Waals surface area (Å²) in [5, 5.41) is 11.9. The Morgan fingerprint density at radius 2 is 2.29 bits per heavy atom. The molecule has 1 amide bonds. The number of aromatic nitrogens is 1. The van der Waals surface area contributed by atoms with Gasteiger partial charge in [-0.2, -0.15) is 0 Å². The van der Waals surface area contributed by atoms with Crippen LogP contribution in [0.1, 0.15) is 54.9 Å². The highest BCUT2D eigenvalue weighted by atomic mass is 16.2. The summed E-state index contributed by atoms with van der Waals surface area (Å²) in [7, 11) is 0. The third-order valence-corrected chi connectivity index (χ3v) is 4.12. The van der Waals surface area contributed by atoms with Gasteiger partial charge in [-0.25, -0.2) is 0 Å². The molecule has 1 fully saturated rings. The normalized spacial score (nSPS) is 21.2. The predicted octanol–water partition coefficient (Wildman–Crippen LogP) is 2.12. The van der Waals surface area contributed by atoms with Gasteiger partial charge in [0.1, 0.15) is 6.61 Å². The minimum atomic E-state index is -0.226. The third kappa shape index (κ3) is 4.05. The predicted molar refractivity (Wildman–Crippen MR) is 81.7 cm³/mol. The first-order chi connectivity index (χ1) is 10.3. The third-order valence-electron chi connectivity index (χ3n) is 4.12. The number of carbonyl (C=O) groups is 1. The highest BCUT2D eigenvalue weighted by Gasteiger charge is 2.25. The number of carbonyl (C=O) groups excluding carboxylic acids is 1. The van der Waals surface area contributed by atoms with Crippen molar-refractivity contribution >= 4 is 5.91 Å². The molecule has 21 heavy (non-hydrogen) atoms. The average Bonchev–Trinajstić information content (AvgIpc) is 2.53. The molecule has 4 nitrogen and oxygen atoms in total. The minimum absolute atomic E-state index is 0.0926. The zero-order chi connectivity index (χ0) is 15.1. The number of nitrogens with zero attached hydrogens (tertiary/aromatic N) is 1. The molecule has 0 aromatic carbocycles. The topological polar surface area (TPSA) is 62.2 Å². The first-order valence-electron chi connectivity index (χ1n) is 7.60. The van der Waals surface area contributed by atoms with Crippen LogP contribution in [-0.4, -0.2) is 28.6 Å². The molecule has 2 unspecified atom stereocenters. The lowest BCUT2D eigenvalue weighted by molar-refractivity contribution is 0.0904. The number of amides is 1. The van der Waals surface area contributed by atoms with E-state index < -0.39 is 0 Å². The molecule has 1 aromatic heterocycles. The van der Waals surface area contributed by atoms with Crippen molar-refractivity contribution in [3.8, 4) is 11.8 Å². The second-order valence-corrected chi connectivity index (χ2v) is 5.41. The minimum Gasteiger partial charge on any atom is -0.384 e. The van der Waals surface area contributed by atoms with Gasteiger partial charge in [0.25, 0.3) is 5.91 Å². The number of rotatable bonds is 3. The summed E-state index contributed by atoms with van der Waals surface area (Å²) in [5.41, 5.74) is 1.10. The van der Waals surface area contributed by atoms with Crippen LogP contribution in [-0.2, 0) is 0 Å². The van der Waals surface area contributed by atoms with E-state index in [2.05, 4.69) is 29.1 Å². The van der Waals surface area contributed by atoms with Gasteiger partial charge in [-0.15, -0.1) is 0 Å². The second kappa shape index (κ2) is 7.80. The number of hydrogen-bond acceptors (Lipinski definition) is 3. The Balaban J connectivity index is 2.13. The summed E-state index contributed by atoms with van der Waals surface area (Å²) >= 11 is 0. The van der Waals surface area contributed by atoms with Crippen LogP contribution in [0.5, 0.6) is 0 Å². The van der Waals surface area contributed by atoms with Crippen molar-refractivity contribution in [3.05, 3.63) is 29.6 Å². The van der Waals surface area contributed by atoms with Crippen LogP contribution in [0, 0.1) is 17.8 Å². The van der Waals surface area contributed by atoms with Gasteiger partial charge >= 0.3 is 0 Å². The molecule has 1 heterocycles. The van der Waals surface area contributed by atoms with E-state index in [0.717, 1.165) is 12.8 Å². The Morgan fingerprint density at radius 1 is 1.48 bits per heavy atom. The maximum absolute atomic E-state index is 12.5. The molecule has 0 bridgehead atoms. The van der Waals surface area contributed by atoms with Gasteiger partial charge in [-0.05, 0) is 24.8 Å². The molecule has 0 saturated heterocycles. The van der Waals surface area contributed by atoms with Gasteiger partial charge in [0.2, 0.25) is 0 Å². The molecule has 1 aliphatic carbocycles. The Kier molecular flexibility index (Phi) is 5.77. The Hall–Kier alpha value is -1.86. The van der Waals surface area contributed by atoms with Crippen molar-refractivity contribution in [3.63, 3.8) is 0 Å². The molecule has 2 atom stereocenters. The van der Waals surface area contributed by atoms with Crippen LogP contribution in [0.3, 0.4) is 0 Å². The van der Waals surface area contributed by atoms with Gasteiger partial charge in [-0.1, -0.05) is 38.0 Å². The molecule has 2 rings (SSSR count). The maximum atomic E-state index is 12.5. The number of nitrogens with one attached hydrogen (secondary N) is 1. The molecular weight excluding hydrogens is 264 g/mol. The van der Waals surface area contributed by atoms with Crippen molar-refractivity contribution in [2.45, 2.75) is 45.1 Å². The summed E-state index contributed by atoms with van der Waals surface area (Å²) in [4.78, 5) is 16.5. The van der Waals surface area contributed by atoms with Gasteiger partial charge in [0.15, 0.2) is 0 Å². The van der Waals surface area contributed by atoms with E-state index in [0.29, 0.717) is 17.0 Å². The van der Waals surface area contributed by atoms with E-state index in [4.69, 9.17) is 5.11 Å². The van der Waals surface area contributed by atoms with Gasteiger partial charge < -0.3 is 10.4 Å². The maximum Gasteiger partial charge on any atom is 0.252 e. The van der Waals surface area contributed by atoms with Crippen molar-refractivity contribution in [2.24, 2.45) is 5.92 Å². The fourth-order valence-corrected chi connectivity index (χ4v) is 2.96. The van der Waals surface area contributed by atoms with E-state index in [1.807, 2.05) is 0 Å². The summed E-state index contributed by atoms with van der Waals surface area (Å²) in [5.74, 6) is 5.83. The molecule has 2 N–H and O–H groups in total. The number of aliphatic hydroxyl groups is 1. The SMILES string of the molecule is CCC1CCCCC1NC(=O)c1ccncc1C#CCO. The largest absolute Gasteiger partial charge is 0.384 e. The smallest absolute Gasteiger partial charge is 0.252 e. The van der Waals surface area contributed by atoms with E-state index in [9.17, 15) is 4.79 Å². The number of aliphatic hydroxyl groups excluding tert-OH is 1. The van der Waals surface area contributed by atoms with E-state index >= 15 is 0 Å². The molecule has 0 radical (unpaired) electrons. The molecule has 0 aliphatic heterocycles. The van der Waals surface area contributed by atoms with Crippen LogP contribution in [0.4, 0.5) is 0 Å². The van der Waals surface area contributed by atoms with Crippen LogP contribution >= 0.6 is 0 Å². The Labute approximate surface area is 126 Å². The van der Waals surface area contributed by atoms with Crippen LogP contribution in [0.2, 0.25) is 0 Å². The summed E-state index contributed by atoms with van der Waals surface area (Å²) in [6, 6.07) is 1.93. The lowest BCUT2D eigenvalue weighted by Gasteiger charge is -2.31.